The second kappa shape index (κ2) is 7.48. The average molecular weight is 440 g/mol. The first-order valence-corrected chi connectivity index (χ1v) is 11.3. The van der Waals surface area contributed by atoms with Gasteiger partial charge in [0.1, 0.15) is 11.5 Å². The lowest BCUT2D eigenvalue weighted by Crippen LogP contribution is -2.30. The fourth-order valence-corrected chi connectivity index (χ4v) is 5.60. The molecule has 2 aromatic carbocycles. The summed E-state index contributed by atoms with van der Waals surface area (Å²) >= 11 is 0. The number of hydrogen-bond acceptors (Lipinski definition) is 4. The van der Waals surface area contributed by atoms with Gasteiger partial charge in [-0.25, -0.2) is 0 Å². The maximum Gasteiger partial charge on any atom is 0.534 e. The quantitative estimate of drug-likeness (QED) is 0.468. The molecular weight excluding hydrogens is 417 g/mol. The standard InChI is InChI=1S/C22H23F3O4S/c1-13-11-14(9-10-20(13)28-2)18-12-19-17(15-5-3-6-16(15)18)7-4-8-21(19)29-30(26,27)22(23,24)25/h4,7-11,15-16,18H,3,5-6,12H2,1-2H3/t15-,16+,18+/m1/s1. The van der Waals surface area contributed by atoms with Crippen LogP contribution < -0.4 is 8.92 Å². The Morgan fingerprint density at radius 3 is 2.47 bits per heavy atom. The van der Waals surface area contributed by atoms with Crippen LogP contribution in [0.2, 0.25) is 0 Å². The highest BCUT2D eigenvalue weighted by Gasteiger charge is 2.49. The number of alkyl halides is 3. The molecule has 0 saturated heterocycles. The molecule has 4 nitrogen and oxygen atoms in total. The Bertz CT molecular complexity index is 1060. The molecule has 8 heteroatoms. The highest BCUT2D eigenvalue weighted by Crippen LogP contribution is 2.54. The summed E-state index contributed by atoms with van der Waals surface area (Å²) in [6.45, 7) is 1.95. The predicted octanol–water partition coefficient (Wildman–Crippen LogP) is 5.46. The van der Waals surface area contributed by atoms with E-state index in [1.807, 2.05) is 25.1 Å². The Morgan fingerprint density at radius 2 is 1.80 bits per heavy atom. The highest BCUT2D eigenvalue weighted by molar-refractivity contribution is 7.88. The maximum atomic E-state index is 12.9. The van der Waals surface area contributed by atoms with Crippen LogP contribution >= 0.6 is 0 Å². The summed E-state index contributed by atoms with van der Waals surface area (Å²) in [5, 5.41) is 0. The minimum atomic E-state index is -5.72. The number of methoxy groups -OCH3 is 1. The second-order valence-corrected chi connectivity index (χ2v) is 9.59. The summed E-state index contributed by atoms with van der Waals surface area (Å²) in [5.41, 5.74) is -1.92. The summed E-state index contributed by atoms with van der Waals surface area (Å²) < 4.78 is 71.9. The van der Waals surface area contributed by atoms with Gasteiger partial charge in [0.15, 0.2) is 0 Å². The van der Waals surface area contributed by atoms with E-state index in [0.717, 1.165) is 41.7 Å². The number of fused-ring (bicyclic) bond motifs is 3. The number of aryl methyl sites for hydroxylation is 1. The summed E-state index contributed by atoms with van der Waals surface area (Å²) in [7, 11) is -4.11. The van der Waals surface area contributed by atoms with E-state index in [1.165, 1.54) is 6.07 Å². The molecule has 0 amide bonds. The van der Waals surface area contributed by atoms with Gasteiger partial charge in [-0.3, -0.25) is 0 Å². The van der Waals surface area contributed by atoms with Gasteiger partial charge >= 0.3 is 15.6 Å². The Hall–Kier alpha value is -2.22. The molecule has 1 fully saturated rings. The summed E-state index contributed by atoms with van der Waals surface area (Å²) in [4.78, 5) is 0. The fourth-order valence-electron chi connectivity index (χ4n) is 5.12. The van der Waals surface area contributed by atoms with E-state index < -0.39 is 15.6 Å². The third-order valence-corrected chi connectivity index (χ3v) is 7.37. The molecule has 0 spiro atoms. The normalized spacial score (nSPS) is 23.6. The van der Waals surface area contributed by atoms with Crippen molar-refractivity contribution in [2.45, 2.75) is 50.0 Å². The Labute approximate surface area is 174 Å². The second-order valence-electron chi connectivity index (χ2n) is 8.05. The minimum Gasteiger partial charge on any atom is -0.496 e. The number of benzene rings is 2. The number of rotatable bonds is 4. The van der Waals surface area contributed by atoms with Crippen LogP contribution in [-0.4, -0.2) is 21.0 Å². The lowest BCUT2D eigenvalue weighted by Gasteiger charge is -2.37. The zero-order valence-electron chi connectivity index (χ0n) is 16.7. The van der Waals surface area contributed by atoms with E-state index in [4.69, 9.17) is 4.74 Å². The van der Waals surface area contributed by atoms with Crippen LogP contribution in [-0.2, 0) is 16.5 Å². The van der Waals surface area contributed by atoms with Crippen LogP contribution in [0, 0.1) is 12.8 Å². The Morgan fingerprint density at radius 1 is 1.03 bits per heavy atom. The van der Waals surface area contributed by atoms with E-state index >= 15 is 0 Å². The fraction of sp³-hybridized carbons (Fsp3) is 0.455. The van der Waals surface area contributed by atoms with Crippen molar-refractivity contribution in [1.82, 2.24) is 0 Å². The van der Waals surface area contributed by atoms with Crippen molar-refractivity contribution in [2.24, 2.45) is 5.92 Å². The lowest BCUT2D eigenvalue weighted by molar-refractivity contribution is -0.0500. The number of ether oxygens (including phenoxy) is 1. The molecule has 0 bridgehead atoms. The zero-order chi connectivity index (χ0) is 21.7. The molecule has 4 rings (SSSR count). The molecule has 0 heterocycles. The molecule has 2 aliphatic carbocycles. The molecule has 0 aliphatic heterocycles. The van der Waals surface area contributed by atoms with Crippen LogP contribution in [0.4, 0.5) is 13.2 Å². The predicted molar refractivity (Wildman–Crippen MR) is 106 cm³/mol. The minimum absolute atomic E-state index is 0.0768. The molecule has 0 unspecified atom stereocenters. The van der Waals surface area contributed by atoms with Crippen LogP contribution in [0.3, 0.4) is 0 Å². The van der Waals surface area contributed by atoms with Gasteiger partial charge in [0.2, 0.25) is 0 Å². The lowest BCUT2D eigenvalue weighted by atomic mass is 9.68. The molecule has 0 radical (unpaired) electrons. The van der Waals surface area contributed by atoms with Crippen molar-refractivity contribution in [3.63, 3.8) is 0 Å². The van der Waals surface area contributed by atoms with Crippen molar-refractivity contribution in [1.29, 1.82) is 0 Å². The van der Waals surface area contributed by atoms with Gasteiger partial charge in [-0.2, -0.15) is 21.6 Å². The van der Waals surface area contributed by atoms with Crippen molar-refractivity contribution in [3.8, 4) is 11.5 Å². The summed E-state index contributed by atoms with van der Waals surface area (Å²) in [6.07, 6.45) is 3.43. The number of halogens is 3. The van der Waals surface area contributed by atoms with E-state index in [2.05, 4.69) is 10.2 Å². The smallest absolute Gasteiger partial charge is 0.496 e. The first-order valence-electron chi connectivity index (χ1n) is 9.89. The van der Waals surface area contributed by atoms with Gasteiger partial charge in [0.25, 0.3) is 0 Å². The molecule has 0 aromatic heterocycles. The van der Waals surface area contributed by atoms with Gasteiger partial charge in [-0.15, -0.1) is 0 Å². The van der Waals surface area contributed by atoms with Gasteiger partial charge in [-0.1, -0.05) is 30.7 Å². The molecule has 2 aliphatic rings. The first kappa shape index (κ1) is 21.0. The molecule has 1 saturated carbocycles. The van der Waals surface area contributed by atoms with E-state index in [9.17, 15) is 21.6 Å². The van der Waals surface area contributed by atoms with Gasteiger partial charge < -0.3 is 8.92 Å². The van der Waals surface area contributed by atoms with E-state index in [-0.39, 0.29) is 17.6 Å². The Balaban J connectivity index is 1.77. The zero-order valence-corrected chi connectivity index (χ0v) is 17.5. The van der Waals surface area contributed by atoms with Crippen molar-refractivity contribution < 1.29 is 30.5 Å². The molecule has 3 atom stereocenters. The van der Waals surface area contributed by atoms with Crippen LogP contribution in [0.1, 0.15) is 53.4 Å². The van der Waals surface area contributed by atoms with Crippen molar-refractivity contribution in [2.75, 3.05) is 7.11 Å². The third kappa shape index (κ3) is 3.55. The molecule has 30 heavy (non-hydrogen) atoms. The largest absolute Gasteiger partial charge is 0.534 e. The van der Waals surface area contributed by atoms with Gasteiger partial charge in [-0.05, 0) is 72.8 Å². The van der Waals surface area contributed by atoms with Crippen molar-refractivity contribution in [3.05, 3.63) is 58.7 Å². The van der Waals surface area contributed by atoms with Crippen LogP contribution in [0.25, 0.3) is 0 Å². The first-order chi connectivity index (χ1) is 14.1. The average Bonchev–Trinajstić information content (AvgIpc) is 3.16. The third-order valence-electron chi connectivity index (χ3n) is 6.41. The molecule has 162 valence electrons. The van der Waals surface area contributed by atoms with Crippen LogP contribution in [0.5, 0.6) is 11.5 Å². The topological polar surface area (TPSA) is 52.6 Å². The summed E-state index contributed by atoms with van der Waals surface area (Å²) in [5.74, 6) is 1.18. The van der Waals surface area contributed by atoms with Gasteiger partial charge in [0, 0.05) is 5.56 Å². The Kier molecular flexibility index (Phi) is 5.24. The maximum absolute atomic E-state index is 12.9. The molecular formula is C22H23F3O4S. The SMILES string of the molecule is COc1ccc([C@@H]2Cc3c(OS(=O)(=O)C(F)(F)F)cccc3[C@@H]3CCC[C@H]23)cc1C. The van der Waals surface area contributed by atoms with Crippen LogP contribution in [0.15, 0.2) is 36.4 Å². The van der Waals surface area contributed by atoms with E-state index in [0.29, 0.717) is 17.9 Å². The molecule has 0 N–H and O–H groups in total. The van der Waals surface area contributed by atoms with E-state index in [1.54, 1.807) is 13.2 Å². The van der Waals surface area contributed by atoms with Gasteiger partial charge in [0.05, 0.1) is 7.11 Å². The summed E-state index contributed by atoms with van der Waals surface area (Å²) in [6, 6.07) is 10.7. The van der Waals surface area contributed by atoms with Crippen molar-refractivity contribution >= 4 is 10.1 Å². The highest BCUT2D eigenvalue weighted by atomic mass is 32.2. The molecule has 2 aromatic rings. The number of hydrogen-bond donors (Lipinski definition) is 0. The monoisotopic (exact) mass is 440 g/mol.